The summed E-state index contributed by atoms with van der Waals surface area (Å²) in [5, 5.41) is 0. The predicted octanol–water partition coefficient (Wildman–Crippen LogP) is 2.38. The molecular weight excluding hydrogens is 353 g/mol. The minimum atomic E-state index is -3.45. The zero-order chi connectivity index (χ0) is 13.1. The summed E-state index contributed by atoms with van der Waals surface area (Å²) in [5.74, 6) is 0.567. The van der Waals surface area contributed by atoms with Gasteiger partial charge in [0.1, 0.15) is 5.75 Å². The second-order valence-corrected chi connectivity index (χ2v) is 6.60. The molecule has 1 aromatic carbocycles. The molecule has 0 aliphatic carbocycles. The molecule has 0 amide bonds. The lowest BCUT2D eigenvalue weighted by molar-refractivity contribution is 0.410. The Kier molecular flexibility index (Phi) is 5.21. The van der Waals surface area contributed by atoms with Gasteiger partial charge in [-0.1, -0.05) is 6.92 Å². The molecule has 1 rings (SSSR count). The molecule has 0 heterocycles. The van der Waals surface area contributed by atoms with Gasteiger partial charge in [0.25, 0.3) is 0 Å². The van der Waals surface area contributed by atoms with Gasteiger partial charge < -0.3 is 4.74 Å². The maximum atomic E-state index is 12.0. The van der Waals surface area contributed by atoms with Gasteiger partial charge in [-0.05, 0) is 48.1 Å². The Bertz CT molecular complexity index is 487. The fraction of sp³-hybridized carbons (Fsp3) is 0.455. The van der Waals surface area contributed by atoms with Gasteiger partial charge in [-0.15, -0.1) is 0 Å². The third kappa shape index (κ3) is 3.82. The van der Waals surface area contributed by atoms with E-state index in [-0.39, 0.29) is 10.9 Å². The number of methoxy groups -OCH3 is 1. The van der Waals surface area contributed by atoms with E-state index in [1.165, 1.54) is 13.2 Å². The molecule has 0 saturated heterocycles. The van der Waals surface area contributed by atoms with Gasteiger partial charge in [0.2, 0.25) is 10.0 Å². The maximum Gasteiger partial charge on any atom is 0.240 e. The van der Waals surface area contributed by atoms with Crippen LogP contribution in [0.4, 0.5) is 0 Å². The Morgan fingerprint density at radius 2 is 2.12 bits per heavy atom. The van der Waals surface area contributed by atoms with E-state index in [0.717, 1.165) is 9.99 Å². The summed E-state index contributed by atoms with van der Waals surface area (Å²) in [6.07, 6.45) is 0.751. The van der Waals surface area contributed by atoms with Crippen LogP contribution in [0.25, 0.3) is 0 Å². The number of sulfonamides is 1. The number of hydrogen-bond acceptors (Lipinski definition) is 3. The van der Waals surface area contributed by atoms with E-state index in [1.54, 1.807) is 12.1 Å². The molecule has 0 bridgehead atoms. The molecular formula is C11H16INO3S. The van der Waals surface area contributed by atoms with E-state index < -0.39 is 10.0 Å². The van der Waals surface area contributed by atoms with Crippen LogP contribution in [0.1, 0.15) is 20.3 Å². The number of benzene rings is 1. The number of nitrogens with one attached hydrogen (secondary N) is 1. The van der Waals surface area contributed by atoms with Gasteiger partial charge in [-0.25, -0.2) is 13.1 Å². The first kappa shape index (κ1) is 14.7. The second kappa shape index (κ2) is 6.01. The molecule has 17 heavy (non-hydrogen) atoms. The van der Waals surface area contributed by atoms with Crippen molar-refractivity contribution < 1.29 is 13.2 Å². The molecule has 0 saturated carbocycles. The van der Waals surface area contributed by atoms with Gasteiger partial charge in [0, 0.05) is 12.1 Å². The van der Waals surface area contributed by atoms with E-state index in [9.17, 15) is 8.42 Å². The quantitative estimate of drug-likeness (QED) is 0.811. The van der Waals surface area contributed by atoms with Crippen molar-refractivity contribution in [3.8, 4) is 5.75 Å². The normalized spacial score (nSPS) is 13.4. The highest BCUT2D eigenvalue weighted by Crippen LogP contribution is 2.24. The van der Waals surface area contributed by atoms with Gasteiger partial charge in [-0.3, -0.25) is 0 Å². The van der Waals surface area contributed by atoms with Crippen LogP contribution in [-0.2, 0) is 10.0 Å². The highest BCUT2D eigenvalue weighted by atomic mass is 127. The Morgan fingerprint density at radius 1 is 1.47 bits per heavy atom. The van der Waals surface area contributed by atoms with E-state index in [0.29, 0.717) is 5.75 Å². The second-order valence-electron chi connectivity index (χ2n) is 3.73. The van der Waals surface area contributed by atoms with Gasteiger partial charge in [-0.2, -0.15) is 0 Å². The molecule has 0 fully saturated rings. The zero-order valence-electron chi connectivity index (χ0n) is 10.0. The Morgan fingerprint density at radius 3 is 2.65 bits per heavy atom. The van der Waals surface area contributed by atoms with E-state index in [1.807, 2.05) is 13.8 Å². The predicted molar refractivity (Wildman–Crippen MR) is 75.8 cm³/mol. The Balaban J connectivity index is 3.07. The molecule has 6 heteroatoms. The van der Waals surface area contributed by atoms with Crippen molar-refractivity contribution in [1.82, 2.24) is 4.72 Å². The summed E-state index contributed by atoms with van der Waals surface area (Å²) in [4.78, 5) is 0.232. The summed E-state index contributed by atoms with van der Waals surface area (Å²) < 4.78 is 32.6. The highest BCUT2D eigenvalue weighted by molar-refractivity contribution is 14.1. The molecule has 1 unspecified atom stereocenters. The average molecular weight is 369 g/mol. The smallest absolute Gasteiger partial charge is 0.240 e. The van der Waals surface area contributed by atoms with Crippen molar-refractivity contribution in [1.29, 1.82) is 0 Å². The molecule has 96 valence electrons. The van der Waals surface area contributed by atoms with Gasteiger partial charge in [0.05, 0.1) is 15.6 Å². The largest absolute Gasteiger partial charge is 0.496 e. The molecule has 0 spiro atoms. The summed E-state index contributed by atoms with van der Waals surface area (Å²) >= 11 is 2.10. The summed E-state index contributed by atoms with van der Waals surface area (Å²) in [6.45, 7) is 3.77. The third-order valence-corrected chi connectivity index (χ3v) is 4.88. The Labute approximate surface area is 116 Å². The van der Waals surface area contributed by atoms with Crippen molar-refractivity contribution in [2.45, 2.75) is 31.2 Å². The number of hydrogen-bond donors (Lipinski definition) is 1. The van der Waals surface area contributed by atoms with Crippen LogP contribution in [-0.4, -0.2) is 21.6 Å². The summed E-state index contributed by atoms with van der Waals surface area (Å²) in [5.41, 5.74) is 0. The molecule has 0 radical (unpaired) electrons. The number of rotatable bonds is 5. The molecule has 0 aliphatic rings. The first-order valence-electron chi connectivity index (χ1n) is 5.26. The summed E-state index contributed by atoms with van der Waals surface area (Å²) in [6, 6.07) is 4.76. The van der Waals surface area contributed by atoms with Crippen molar-refractivity contribution in [2.75, 3.05) is 7.11 Å². The Hall–Kier alpha value is -0.340. The van der Waals surface area contributed by atoms with Crippen LogP contribution in [0.3, 0.4) is 0 Å². The van der Waals surface area contributed by atoms with Crippen molar-refractivity contribution in [3.63, 3.8) is 0 Å². The van der Waals surface area contributed by atoms with Crippen LogP contribution >= 0.6 is 22.6 Å². The van der Waals surface area contributed by atoms with Gasteiger partial charge >= 0.3 is 0 Å². The topological polar surface area (TPSA) is 55.4 Å². The lowest BCUT2D eigenvalue weighted by Crippen LogP contribution is -2.32. The van der Waals surface area contributed by atoms with E-state index >= 15 is 0 Å². The summed E-state index contributed by atoms with van der Waals surface area (Å²) in [7, 11) is -1.93. The SMILES string of the molecule is CCC(C)NS(=O)(=O)c1ccc(I)c(OC)c1. The van der Waals surface area contributed by atoms with E-state index in [4.69, 9.17) is 4.74 Å². The molecule has 1 atom stereocenters. The fourth-order valence-electron chi connectivity index (χ4n) is 1.22. The average Bonchev–Trinajstić information content (AvgIpc) is 2.28. The van der Waals surface area contributed by atoms with E-state index in [2.05, 4.69) is 27.3 Å². The van der Waals surface area contributed by atoms with Crippen LogP contribution < -0.4 is 9.46 Å². The van der Waals surface area contributed by atoms with Crippen molar-refractivity contribution >= 4 is 32.6 Å². The highest BCUT2D eigenvalue weighted by Gasteiger charge is 2.17. The van der Waals surface area contributed by atoms with Crippen LogP contribution in [0.2, 0.25) is 0 Å². The third-order valence-electron chi connectivity index (χ3n) is 2.40. The number of ether oxygens (including phenoxy) is 1. The molecule has 0 aliphatic heterocycles. The monoisotopic (exact) mass is 369 g/mol. The maximum absolute atomic E-state index is 12.0. The molecule has 0 aromatic heterocycles. The molecule has 1 N–H and O–H groups in total. The van der Waals surface area contributed by atoms with Crippen LogP contribution in [0, 0.1) is 3.57 Å². The zero-order valence-corrected chi connectivity index (χ0v) is 13.0. The molecule has 1 aromatic rings. The first-order chi connectivity index (χ1) is 7.90. The minimum Gasteiger partial charge on any atom is -0.496 e. The van der Waals surface area contributed by atoms with Crippen molar-refractivity contribution in [3.05, 3.63) is 21.8 Å². The van der Waals surface area contributed by atoms with Gasteiger partial charge in [0.15, 0.2) is 0 Å². The fourth-order valence-corrected chi connectivity index (χ4v) is 3.12. The minimum absolute atomic E-state index is 0.0785. The molecule has 4 nitrogen and oxygen atoms in total. The lowest BCUT2D eigenvalue weighted by Gasteiger charge is -2.13. The van der Waals surface area contributed by atoms with Crippen molar-refractivity contribution in [2.24, 2.45) is 0 Å². The van der Waals surface area contributed by atoms with Crippen LogP contribution in [0.15, 0.2) is 23.1 Å². The standard InChI is InChI=1S/C11H16INO3S/c1-4-8(2)13-17(14,15)9-5-6-10(12)11(7-9)16-3/h5-8,13H,4H2,1-3H3. The first-order valence-corrected chi connectivity index (χ1v) is 7.82. The number of halogens is 1. The van der Waals surface area contributed by atoms with Crippen LogP contribution in [0.5, 0.6) is 5.75 Å². The lowest BCUT2D eigenvalue weighted by atomic mass is 10.3.